The summed E-state index contributed by atoms with van der Waals surface area (Å²) >= 11 is 0. The number of hydrogen-bond donors (Lipinski definition) is 3. The van der Waals surface area contributed by atoms with Gasteiger partial charge in [0.25, 0.3) is 0 Å². The summed E-state index contributed by atoms with van der Waals surface area (Å²) in [6, 6.07) is 6.78. The van der Waals surface area contributed by atoms with E-state index in [-0.39, 0.29) is 36.5 Å². The monoisotopic (exact) mass is 529 g/mol. The van der Waals surface area contributed by atoms with Crippen molar-refractivity contribution in [2.75, 3.05) is 0 Å². The molecule has 8 nitrogen and oxygen atoms in total. The lowest BCUT2D eigenvalue weighted by atomic mass is 9.94. The van der Waals surface area contributed by atoms with Crippen molar-refractivity contribution in [2.24, 2.45) is 17.8 Å². The van der Waals surface area contributed by atoms with Gasteiger partial charge in [-0.25, -0.2) is 4.79 Å². The van der Waals surface area contributed by atoms with Crippen molar-refractivity contribution in [3.63, 3.8) is 0 Å². The molecule has 1 aliphatic heterocycles. The molecule has 1 saturated heterocycles. The molecule has 2 unspecified atom stereocenters. The number of amides is 3. The van der Waals surface area contributed by atoms with E-state index in [0.717, 1.165) is 37.7 Å². The first-order valence-electron chi connectivity index (χ1n) is 14.2. The average molecular weight is 530 g/mol. The van der Waals surface area contributed by atoms with Crippen LogP contribution in [0.3, 0.4) is 0 Å². The van der Waals surface area contributed by atoms with Crippen LogP contribution < -0.4 is 16.0 Å². The minimum Gasteiger partial charge on any atom is -0.460 e. The van der Waals surface area contributed by atoms with Crippen molar-refractivity contribution < 1.29 is 23.9 Å². The lowest BCUT2D eigenvalue weighted by Crippen LogP contribution is -2.58. The van der Waals surface area contributed by atoms with E-state index >= 15 is 0 Å². The number of unbranched alkanes of at least 4 members (excludes halogenated alkanes) is 3. The molecule has 1 heterocycles. The highest BCUT2D eigenvalue weighted by molar-refractivity contribution is 5.94. The normalized spacial score (nSPS) is 24.4. The van der Waals surface area contributed by atoms with Crippen LogP contribution in [0.2, 0.25) is 0 Å². The van der Waals surface area contributed by atoms with Gasteiger partial charge in [-0.15, -0.1) is 0 Å². The van der Waals surface area contributed by atoms with Crippen molar-refractivity contribution >= 4 is 23.7 Å². The molecule has 1 aromatic carbocycles. The Morgan fingerprint density at radius 1 is 0.816 bits per heavy atom. The summed E-state index contributed by atoms with van der Waals surface area (Å²) in [4.78, 5) is 53.3. The molecule has 1 aliphatic rings. The molecule has 0 aromatic heterocycles. The molecule has 5 atom stereocenters. The van der Waals surface area contributed by atoms with E-state index in [1.54, 1.807) is 0 Å². The maximum absolute atomic E-state index is 13.4. The number of cyclic esters (lactones) is 1. The Balaban J connectivity index is 2.39. The third-order valence-corrected chi connectivity index (χ3v) is 7.20. The predicted molar refractivity (Wildman–Crippen MR) is 148 cm³/mol. The van der Waals surface area contributed by atoms with Crippen LogP contribution in [0, 0.1) is 17.8 Å². The van der Waals surface area contributed by atoms with Gasteiger partial charge in [0, 0.05) is 6.42 Å². The Labute approximate surface area is 228 Å². The van der Waals surface area contributed by atoms with E-state index in [1.807, 2.05) is 65.0 Å². The first-order chi connectivity index (χ1) is 18.0. The smallest absolute Gasteiger partial charge is 0.329 e. The fourth-order valence-electron chi connectivity index (χ4n) is 4.69. The van der Waals surface area contributed by atoms with Gasteiger partial charge in [0.1, 0.15) is 24.2 Å². The van der Waals surface area contributed by atoms with Crippen LogP contribution >= 0.6 is 0 Å². The molecule has 0 spiro atoms. The van der Waals surface area contributed by atoms with Crippen LogP contribution in [-0.2, 0) is 30.3 Å². The van der Waals surface area contributed by atoms with Crippen LogP contribution in [0.4, 0.5) is 0 Å². The highest BCUT2D eigenvalue weighted by atomic mass is 16.5. The fourth-order valence-corrected chi connectivity index (χ4v) is 4.69. The molecule has 38 heavy (non-hydrogen) atoms. The first-order valence-corrected chi connectivity index (χ1v) is 14.2. The summed E-state index contributed by atoms with van der Waals surface area (Å²) in [6.07, 6.45) is 4.68. The van der Waals surface area contributed by atoms with Gasteiger partial charge in [0.2, 0.25) is 17.7 Å². The molecule has 8 heteroatoms. The summed E-state index contributed by atoms with van der Waals surface area (Å²) < 4.78 is 5.93. The highest BCUT2D eigenvalue weighted by Crippen LogP contribution is 2.21. The van der Waals surface area contributed by atoms with Gasteiger partial charge in [-0.1, -0.05) is 97.6 Å². The van der Waals surface area contributed by atoms with Crippen LogP contribution in [-0.4, -0.2) is 47.9 Å². The molecule has 0 radical (unpaired) electrons. The number of benzene rings is 1. The second-order valence-electron chi connectivity index (χ2n) is 11.3. The van der Waals surface area contributed by atoms with E-state index in [1.165, 1.54) is 0 Å². The van der Waals surface area contributed by atoms with Crippen molar-refractivity contribution in [1.82, 2.24) is 16.0 Å². The maximum atomic E-state index is 13.4. The lowest BCUT2D eigenvalue weighted by Gasteiger charge is -2.29. The van der Waals surface area contributed by atoms with E-state index < -0.39 is 42.0 Å². The SMILES string of the molecule is CCCCCCC(C)C1CC(=O)N[C@@H](Cc2ccccc2)C(=O)N[C@@H](C(C)C)C(=O)N[C@@H](C(C)C)C(=O)O1. The minimum atomic E-state index is -0.889. The molecular formula is C30H47N3O5. The number of ether oxygens (including phenoxy) is 1. The molecular weight excluding hydrogens is 482 g/mol. The van der Waals surface area contributed by atoms with Crippen molar-refractivity contribution in [3.05, 3.63) is 35.9 Å². The van der Waals surface area contributed by atoms with Crippen molar-refractivity contribution in [1.29, 1.82) is 0 Å². The minimum absolute atomic E-state index is 0.0500. The lowest BCUT2D eigenvalue weighted by molar-refractivity contribution is -0.158. The molecule has 1 fully saturated rings. The second-order valence-corrected chi connectivity index (χ2v) is 11.3. The number of nitrogens with one attached hydrogen (secondary N) is 3. The van der Waals surface area contributed by atoms with Gasteiger partial charge in [0.15, 0.2) is 0 Å². The quantitative estimate of drug-likeness (QED) is 0.314. The standard InChI is InChI=1S/C30H47N3O5/c1-7-8-9-11-14-21(6)24-18-25(34)31-23(17-22-15-12-10-13-16-22)28(35)32-26(19(2)3)29(36)33-27(20(4)5)30(37)38-24/h10,12-13,15-16,19-21,23-24,26-27H,7-9,11,14,17-18H2,1-6H3,(H,31,34)(H,32,35)(H,33,36)/t21?,23-,24?,26-,27-/m0/s1. The van der Waals surface area contributed by atoms with E-state index in [9.17, 15) is 19.2 Å². The van der Waals surface area contributed by atoms with Crippen molar-refractivity contribution in [3.8, 4) is 0 Å². The van der Waals surface area contributed by atoms with Gasteiger partial charge in [-0.2, -0.15) is 0 Å². The number of hydrogen-bond acceptors (Lipinski definition) is 5. The second kappa shape index (κ2) is 15.5. The van der Waals surface area contributed by atoms with Crippen LogP contribution in [0.1, 0.15) is 85.6 Å². The summed E-state index contributed by atoms with van der Waals surface area (Å²) in [5.74, 6) is -2.33. The summed E-state index contributed by atoms with van der Waals surface area (Å²) in [7, 11) is 0. The van der Waals surface area contributed by atoms with Crippen LogP contribution in [0.5, 0.6) is 0 Å². The zero-order valence-electron chi connectivity index (χ0n) is 23.9. The number of carbonyl (C=O) groups excluding carboxylic acids is 4. The molecule has 1 aromatic rings. The molecule has 3 amide bonds. The van der Waals surface area contributed by atoms with E-state index in [0.29, 0.717) is 0 Å². The number of esters is 1. The Morgan fingerprint density at radius 2 is 1.45 bits per heavy atom. The Morgan fingerprint density at radius 3 is 2.05 bits per heavy atom. The third kappa shape index (κ3) is 9.76. The summed E-state index contributed by atoms with van der Waals surface area (Å²) in [6.45, 7) is 11.5. The van der Waals surface area contributed by atoms with Gasteiger partial charge in [-0.05, 0) is 29.7 Å². The fraction of sp³-hybridized carbons (Fsp3) is 0.667. The molecule has 212 valence electrons. The topological polar surface area (TPSA) is 114 Å². The Kier molecular flexibility index (Phi) is 12.8. The average Bonchev–Trinajstić information content (AvgIpc) is 2.87. The van der Waals surface area contributed by atoms with Gasteiger partial charge >= 0.3 is 5.97 Å². The molecule has 3 N–H and O–H groups in total. The maximum Gasteiger partial charge on any atom is 0.329 e. The molecule has 0 bridgehead atoms. The first kappa shape index (κ1) is 31.3. The predicted octanol–water partition coefficient (Wildman–Crippen LogP) is 3.92. The van der Waals surface area contributed by atoms with Gasteiger partial charge in [-0.3, -0.25) is 14.4 Å². The van der Waals surface area contributed by atoms with Crippen molar-refractivity contribution in [2.45, 2.75) is 111 Å². The van der Waals surface area contributed by atoms with E-state index in [4.69, 9.17) is 4.74 Å². The summed E-state index contributed by atoms with van der Waals surface area (Å²) in [5, 5.41) is 8.51. The number of carbonyl (C=O) groups is 4. The molecule has 0 saturated carbocycles. The largest absolute Gasteiger partial charge is 0.460 e. The van der Waals surface area contributed by atoms with Gasteiger partial charge < -0.3 is 20.7 Å². The van der Waals surface area contributed by atoms with Crippen LogP contribution in [0.15, 0.2) is 30.3 Å². The zero-order chi connectivity index (χ0) is 28.2. The third-order valence-electron chi connectivity index (χ3n) is 7.20. The van der Waals surface area contributed by atoms with Crippen LogP contribution in [0.25, 0.3) is 0 Å². The molecule has 0 aliphatic carbocycles. The molecule has 2 rings (SSSR count). The van der Waals surface area contributed by atoms with E-state index in [2.05, 4.69) is 22.9 Å². The Hall–Kier alpha value is -2.90. The zero-order valence-corrected chi connectivity index (χ0v) is 23.9. The summed E-state index contributed by atoms with van der Waals surface area (Å²) in [5.41, 5.74) is 0.884. The number of rotatable bonds is 10. The van der Waals surface area contributed by atoms with Gasteiger partial charge in [0.05, 0.1) is 6.42 Å². The highest BCUT2D eigenvalue weighted by Gasteiger charge is 2.36. The Bertz CT molecular complexity index is 918.